The van der Waals surface area contributed by atoms with Gasteiger partial charge in [-0.25, -0.2) is 49.8 Å². The van der Waals surface area contributed by atoms with E-state index in [0.29, 0.717) is 0 Å². The van der Waals surface area contributed by atoms with Crippen molar-refractivity contribution < 1.29 is 0 Å². The van der Waals surface area contributed by atoms with E-state index in [0.717, 1.165) is 96.7 Å². The zero-order valence-corrected chi connectivity index (χ0v) is 59.7. The lowest BCUT2D eigenvalue weighted by Gasteiger charge is -2.03. The van der Waals surface area contributed by atoms with Crippen molar-refractivity contribution in [3.05, 3.63) is 399 Å². The highest BCUT2D eigenvalue weighted by Crippen LogP contribution is 2.23. The van der Waals surface area contributed by atoms with E-state index in [-0.39, 0.29) is 0 Å². The summed E-state index contributed by atoms with van der Waals surface area (Å²) in [5.74, 6) is 3.07. The average Bonchev–Trinajstić information content (AvgIpc) is 0.918. The van der Waals surface area contributed by atoms with Crippen molar-refractivity contribution in [1.82, 2.24) is 69.8 Å². The van der Waals surface area contributed by atoms with Crippen molar-refractivity contribution >= 4 is 0 Å². The summed E-state index contributed by atoms with van der Waals surface area (Å²) >= 11 is 0. The van der Waals surface area contributed by atoms with Crippen LogP contribution in [0.5, 0.6) is 0 Å². The number of aryl methyl sites for hydroxylation is 8. The van der Waals surface area contributed by atoms with Gasteiger partial charge in [-0.3, -0.25) is 19.9 Å². The topological polar surface area (TPSA) is 180 Å². The molecule has 0 N–H and O–H groups in total. The Labute approximate surface area is 610 Å². The van der Waals surface area contributed by atoms with Crippen LogP contribution in [0.1, 0.15) is 45.6 Å². The minimum absolute atomic E-state index is 0.730. The second-order valence-corrected chi connectivity index (χ2v) is 23.5. The van der Waals surface area contributed by atoms with Crippen molar-refractivity contribution in [3.8, 4) is 90.1 Å². The monoisotopic (exact) mass is 1360 g/mol. The van der Waals surface area contributed by atoms with E-state index in [1.807, 2.05) is 303 Å². The maximum atomic E-state index is 4.38. The highest BCUT2D eigenvalue weighted by Gasteiger charge is 2.05. The Morgan fingerprint density at radius 3 is 1.17 bits per heavy atom. The first-order valence-electron chi connectivity index (χ1n) is 33.9. The van der Waals surface area contributed by atoms with Crippen LogP contribution in [0.25, 0.3) is 90.1 Å². The fraction of sp³-hybridized carbons (Fsp3) is 0.0889. The molecular formula is C90H82N14. The molecule has 0 atom stereocenters. The molecule has 0 spiro atoms. The van der Waals surface area contributed by atoms with Gasteiger partial charge >= 0.3 is 0 Å². The van der Waals surface area contributed by atoms with Gasteiger partial charge in [-0.05, 0) is 120 Å². The number of hydrogen-bond donors (Lipinski definition) is 0. The Balaban J connectivity index is 0.000000138. The fourth-order valence-corrected chi connectivity index (χ4v) is 9.99. The number of benzene rings is 8. The number of aromatic nitrogens is 14. The molecule has 8 heterocycles. The molecule has 14 heteroatoms. The van der Waals surface area contributed by atoms with Crippen molar-refractivity contribution in [2.75, 3.05) is 0 Å². The number of hydrogen-bond acceptors (Lipinski definition) is 14. The molecule has 0 radical (unpaired) electrons. The Hall–Kier alpha value is -13.5. The van der Waals surface area contributed by atoms with E-state index < -0.39 is 0 Å². The van der Waals surface area contributed by atoms with Gasteiger partial charge in [0.2, 0.25) is 0 Å². The molecule has 16 aromatic rings. The number of pyridine rings is 3. The maximum Gasteiger partial charge on any atom is 0.162 e. The summed E-state index contributed by atoms with van der Waals surface area (Å²) in [5, 5.41) is 0. The molecule has 8 aromatic carbocycles. The molecule has 0 unspecified atom stereocenters. The molecule has 0 aliphatic heterocycles. The quantitative estimate of drug-likeness (QED) is 0.140. The van der Waals surface area contributed by atoms with Crippen LogP contribution in [-0.2, 0) is 0 Å². The lowest BCUT2D eigenvalue weighted by Crippen LogP contribution is -1.93. The highest BCUT2D eigenvalue weighted by molar-refractivity contribution is 5.66. The maximum absolute atomic E-state index is 4.38. The van der Waals surface area contributed by atoms with Gasteiger partial charge in [0, 0.05) is 105 Å². The molecule has 0 fully saturated rings. The third kappa shape index (κ3) is 25.4. The summed E-state index contributed by atoms with van der Waals surface area (Å²) in [5.41, 5.74) is 21.9. The summed E-state index contributed by atoms with van der Waals surface area (Å²) in [6.45, 7) is 15.8. The molecule has 8 aromatic heterocycles. The molecule has 0 amide bonds. The van der Waals surface area contributed by atoms with E-state index in [2.05, 4.69) is 138 Å². The van der Waals surface area contributed by atoms with Crippen molar-refractivity contribution in [2.24, 2.45) is 0 Å². The number of rotatable bonds is 8. The minimum atomic E-state index is 0.730. The third-order valence-corrected chi connectivity index (χ3v) is 15.2. The van der Waals surface area contributed by atoms with Crippen LogP contribution in [0.3, 0.4) is 0 Å². The summed E-state index contributed by atoms with van der Waals surface area (Å²) in [7, 11) is 0. The Morgan fingerprint density at radius 2 is 0.673 bits per heavy atom. The molecule has 0 saturated heterocycles. The van der Waals surface area contributed by atoms with Gasteiger partial charge in [0.1, 0.15) is 24.3 Å². The van der Waals surface area contributed by atoms with Crippen LogP contribution >= 0.6 is 0 Å². The first-order valence-corrected chi connectivity index (χ1v) is 33.9. The predicted octanol–water partition coefficient (Wildman–Crippen LogP) is 20.8. The normalized spacial score (nSPS) is 9.92. The average molecular weight is 1360 g/mol. The van der Waals surface area contributed by atoms with E-state index in [4.69, 9.17) is 0 Å². The summed E-state index contributed by atoms with van der Waals surface area (Å²) in [6, 6.07) is 97.0. The summed E-state index contributed by atoms with van der Waals surface area (Å²) in [4.78, 5) is 58.6. The van der Waals surface area contributed by atoms with Gasteiger partial charge in [-0.15, -0.1) is 0 Å². The molecular weight excluding hydrogens is 1280 g/mol. The molecule has 0 aliphatic carbocycles. The minimum Gasteiger partial charge on any atom is -0.264 e. The highest BCUT2D eigenvalue weighted by atomic mass is 15.0. The third-order valence-electron chi connectivity index (χ3n) is 15.2. The summed E-state index contributed by atoms with van der Waals surface area (Å²) in [6.07, 6.45) is 17.7. The predicted molar refractivity (Wildman–Crippen MR) is 422 cm³/mol. The Bertz CT molecular complexity index is 4310. The van der Waals surface area contributed by atoms with Crippen LogP contribution < -0.4 is 0 Å². The SMILES string of the molecule is Cc1cc(-c2ccccc2)ncn1.Cc1ccnc(-c2ccccc2)c1.Cc1ccnc(-c2ccccc2)n1.Cc1cncc(-c2ccccc2)c1.Cc1cncc(-c2ccccc2)n1.Cc1nccc(-c2ccccc2)n1.Cc1ncccc1-c1ccccc1.Cc1ncnc(-c2ccccc2)n1. The Morgan fingerprint density at radius 1 is 0.212 bits per heavy atom. The molecule has 0 aliphatic rings. The van der Waals surface area contributed by atoms with Gasteiger partial charge in [0.15, 0.2) is 11.6 Å². The Kier molecular flexibility index (Phi) is 29.6. The fourth-order valence-electron chi connectivity index (χ4n) is 9.99. The standard InChI is InChI=1S/3C12H11N.4C11H10N2.C10H9N3/c1-10-12(8-5-9-13-10)11-6-3-2-4-7-11;1-10-7-12(9-13-8-10)11-5-3-2-4-6-11;1-10-7-8-13-12(9-10)11-5-3-2-4-6-11;1-9-7-12-8-11(13-9)10-5-3-2-4-6-10;1-9-7-11(13-8-12-9)10-5-3-2-4-6-10;1-9-12-8-7-11(13-9)10-5-3-2-4-6-10;1-9-7-8-12-11(13-9)10-5-3-2-4-6-10;1-8-11-7-12-10(13-8)9-5-3-2-4-6-9/h3*2-9H,1H3;4*2-8H,1H3;2-7H,1H3. The molecule has 0 bridgehead atoms. The second-order valence-electron chi connectivity index (χ2n) is 23.5. The zero-order chi connectivity index (χ0) is 72.8. The van der Waals surface area contributed by atoms with E-state index >= 15 is 0 Å². The lowest BCUT2D eigenvalue weighted by molar-refractivity contribution is 0.983. The van der Waals surface area contributed by atoms with Crippen molar-refractivity contribution in [2.45, 2.75) is 55.4 Å². The number of nitrogens with zero attached hydrogens (tertiary/aromatic N) is 14. The van der Waals surface area contributed by atoms with Gasteiger partial charge in [-0.1, -0.05) is 249 Å². The second kappa shape index (κ2) is 41.2. The summed E-state index contributed by atoms with van der Waals surface area (Å²) < 4.78 is 0. The largest absolute Gasteiger partial charge is 0.264 e. The van der Waals surface area contributed by atoms with Crippen LogP contribution in [0.2, 0.25) is 0 Å². The first kappa shape index (κ1) is 74.8. The van der Waals surface area contributed by atoms with Gasteiger partial charge in [0.05, 0.1) is 34.7 Å². The van der Waals surface area contributed by atoms with Crippen LogP contribution in [0, 0.1) is 55.4 Å². The zero-order valence-electron chi connectivity index (χ0n) is 59.7. The van der Waals surface area contributed by atoms with Crippen LogP contribution in [0.15, 0.2) is 353 Å². The lowest BCUT2D eigenvalue weighted by atomic mass is 10.1. The molecule has 0 saturated carbocycles. The van der Waals surface area contributed by atoms with E-state index in [1.54, 1.807) is 31.1 Å². The van der Waals surface area contributed by atoms with E-state index in [9.17, 15) is 0 Å². The molecule has 512 valence electrons. The van der Waals surface area contributed by atoms with Crippen molar-refractivity contribution in [1.29, 1.82) is 0 Å². The smallest absolute Gasteiger partial charge is 0.162 e. The van der Waals surface area contributed by atoms with Crippen LogP contribution in [-0.4, -0.2) is 69.8 Å². The van der Waals surface area contributed by atoms with Crippen LogP contribution in [0.4, 0.5) is 0 Å². The molecule has 14 nitrogen and oxygen atoms in total. The van der Waals surface area contributed by atoms with E-state index in [1.165, 1.54) is 45.3 Å². The first-order chi connectivity index (χ1) is 50.9. The van der Waals surface area contributed by atoms with Gasteiger partial charge in [-0.2, -0.15) is 0 Å². The molecule has 16 rings (SSSR count). The van der Waals surface area contributed by atoms with Gasteiger partial charge in [0.25, 0.3) is 0 Å². The van der Waals surface area contributed by atoms with Gasteiger partial charge < -0.3 is 0 Å². The van der Waals surface area contributed by atoms with Crippen molar-refractivity contribution in [3.63, 3.8) is 0 Å². The molecule has 104 heavy (non-hydrogen) atoms.